The molecule has 2 fully saturated rings. The second kappa shape index (κ2) is 25.3. The van der Waals surface area contributed by atoms with Gasteiger partial charge in [-0.15, -0.1) is 0 Å². The molecule has 3 aliphatic carbocycles. The zero-order valence-electron chi connectivity index (χ0n) is 39.2. The van der Waals surface area contributed by atoms with E-state index < -0.39 is 64.6 Å². The molecule has 3 rings (SSSR count). The first kappa shape index (κ1) is 53.1. The number of ether oxygens (including phenoxy) is 3. The maximum Gasteiger partial charge on any atom is 0.306 e. The quantitative estimate of drug-likeness (QED) is 0.0320. The van der Waals surface area contributed by atoms with Crippen LogP contribution in [0.4, 0.5) is 4.39 Å². The van der Waals surface area contributed by atoms with Crippen LogP contribution in [0, 0.1) is 22.7 Å². The van der Waals surface area contributed by atoms with E-state index in [2.05, 4.69) is 19.1 Å². The van der Waals surface area contributed by atoms with Gasteiger partial charge in [0.25, 0.3) is 0 Å². The maximum atomic E-state index is 17.1. The molecule has 0 spiro atoms. The van der Waals surface area contributed by atoms with Gasteiger partial charge in [-0.3, -0.25) is 24.0 Å². The lowest BCUT2D eigenvalue weighted by molar-refractivity contribution is -0.175. The number of halogens is 1. The van der Waals surface area contributed by atoms with Crippen molar-refractivity contribution in [3.63, 3.8) is 0 Å². The summed E-state index contributed by atoms with van der Waals surface area (Å²) in [5.41, 5.74) is -6.07. The number of aliphatic hydroxyl groups is 2. The number of unbranched alkanes of at least 4 members (excludes halogenated alkanes) is 11. The molecule has 0 aliphatic heterocycles. The molecule has 2 saturated carbocycles. The number of aliphatic hydroxyl groups excluding tert-OH is 1. The number of alkyl halides is 1. The van der Waals surface area contributed by atoms with Crippen LogP contribution in [-0.4, -0.2) is 102 Å². The summed E-state index contributed by atoms with van der Waals surface area (Å²) in [5.74, 6) is -3.76. The lowest BCUT2D eigenvalue weighted by atomic mass is 9.55. The SMILES string of the molecule is CCCCCCCC/C=C\CCCCCCCC(=O)OC(COC(=O)CCC(=O)OCC(=O)[C@@]1(O)[C@H](C)C[C@@H](C)[C@]1(C)C[C@H](O)[C@@]1(F)CCCC2=CC(=O)C=C[C@@]21C)CN(C)C. The van der Waals surface area contributed by atoms with Crippen molar-refractivity contribution >= 4 is 29.5 Å². The Morgan fingerprint density at radius 1 is 0.871 bits per heavy atom. The van der Waals surface area contributed by atoms with Crippen molar-refractivity contribution in [3.8, 4) is 0 Å². The fourth-order valence-electron chi connectivity index (χ4n) is 10.1. The fraction of sp³-hybridized carbons (Fsp3) is 0.780. The van der Waals surface area contributed by atoms with Crippen molar-refractivity contribution in [1.82, 2.24) is 4.90 Å². The average Bonchev–Trinajstić information content (AvgIpc) is 3.39. The van der Waals surface area contributed by atoms with Crippen molar-refractivity contribution in [1.29, 1.82) is 0 Å². The van der Waals surface area contributed by atoms with E-state index in [1.165, 1.54) is 56.8 Å². The zero-order valence-corrected chi connectivity index (χ0v) is 39.2. The number of rotatable bonds is 29. The van der Waals surface area contributed by atoms with Crippen LogP contribution in [0.5, 0.6) is 0 Å². The molecule has 0 aromatic heterocycles. The number of carbonyl (C=O) groups excluding carboxylic acids is 5. The molecule has 0 bridgehead atoms. The number of nitrogens with zero attached hydrogens (tertiary/aromatic N) is 1. The summed E-state index contributed by atoms with van der Waals surface area (Å²) in [6.07, 6.45) is 22.5. The van der Waals surface area contributed by atoms with Crippen LogP contribution >= 0.6 is 0 Å². The molecule has 0 aromatic carbocycles. The van der Waals surface area contributed by atoms with Gasteiger partial charge in [-0.25, -0.2) is 4.39 Å². The molecule has 0 radical (unpaired) electrons. The molecule has 3 aliphatic rings. The number of fused-ring (bicyclic) bond motifs is 1. The Hall–Kier alpha value is -3.22. The van der Waals surface area contributed by atoms with E-state index in [1.54, 1.807) is 20.8 Å². The number of hydrogen-bond acceptors (Lipinski definition) is 11. The van der Waals surface area contributed by atoms with Gasteiger partial charge in [0.2, 0.25) is 5.78 Å². The Kier molecular flexibility index (Phi) is 21.7. The predicted molar refractivity (Wildman–Crippen MR) is 239 cm³/mol. The highest BCUT2D eigenvalue weighted by Gasteiger charge is 2.66. The monoisotopic (exact) mass is 874 g/mol. The third-order valence-electron chi connectivity index (χ3n) is 14.2. The molecule has 0 aromatic rings. The summed E-state index contributed by atoms with van der Waals surface area (Å²) in [6.45, 7) is 8.56. The van der Waals surface area contributed by atoms with Gasteiger partial charge in [0.15, 0.2) is 12.4 Å². The first-order chi connectivity index (χ1) is 29.3. The smallest absolute Gasteiger partial charge is 0.306 e. The summed E-state index contributed by atoms with van der Waals surface area (Å²) in [5, 5.41) is 23.8. The largest absolute Gasteiger partial charge is 0.462 e. The van der Waals surface area contributed by atoms with Crippen LogP contribution in [0.1, 0.15) is 169 Å². The third kappa shape index (κ3) is 14.4. The topological polar surface area (TPSA) is 157 Å². The summed E-state index contributed by atoms with van der Waals surface area (Å²) >= 11 is 0. The molecule has 11 nitrogen and oxygen atoms in total. The summed E-state index contributed by atoms with van der Waals surface area (Å²) < 4.78 is 33.4. The van der Waals surface area contributed by atoms with Gasteiger partial charge in [-0.05, 0) is 109 Å². The van der Waals surface area contributed by atoms with E-state index in [-0.39, 0.29) is 56.4 Å². The van der Waals surface area contributed by atoms with Crippen LogP contribution in [-0.2, 0) is 38.2 Å². The summed E-state index contributed by atoms with van der Waals surface area (Å²) in [4.78, 5) is 65.7. The fourth-order valence-corrected chi connectivity index (χ4v) is 10.1. The molecule has 0 saturated heterocycles. The molecule has 12 heteroatoms. The minimum Gasteiger partial charge on any atom is -0.462 e. The van der Waals surface area contributed by atoms with Crippen molar-refractivity contribution in [2.24, 2.45) is 22.7 Å². The molecule has 0 heterocycles. The van der Waals surface area contributed by atoms with Crippen molar-refractivity contribution in [3.05, 3.63) is 36.0 Å². The zero-order chi connectivity index (χ0) is 46.0. The molecule has 1 unspecified atom stereocenters. The van der Waals surface area contributed by atoms with E-state index in [4.69, 9.17) is 14.2 Å². The minimum atomic E-state index is -2.15. The molecule has 352 valence electrons. The lowest BCUT2D eigenvalue weighted by Crippen LogP contribution is -2.60. The molecule has 2 N–H and O–H groups in total. The van der Waals surface area contributed by atoms with Gasteiger partial charge < -0.3 is 29.3 Å². The lowest BCUT2D eigenvalue weighted by Gasteiger charge is -2.52. The second-order valence-electron chi connectivity index (χ2n) is 19.2. The van der Waals surface area contributed by atoms with Gasteiger partial charge in [0, 0.05) is 23.8 Å². The van der Waals surface area contributed by atoms with Crippen LogP contribution in [0.2, 0.25) is 0 Å². The summed E-state index contributed by atoms with van der Waals surface area (Å²) in [7, 11) is 3.63. The Balaban J connectivity index is 1.39. The van der Waals surface area contributed by atoms with Gasteiger partial charge in [-0.2, -0.15) is 0 Å². The Labute approximate surface area is 371 Å². The number of carbonyl (C=O) groups is 5. The van der Waals surface area contributed by atoms with E-state index in [1.807, 2.05) is 25.9 Å². The van der Waals surface area contributed by atoms with Crippen LogP contribution in [0.25, 0.3) is 0 Å². The standard InChI is InChI=1S/C50H80FNO10/c1-8-9-10-11-12-13-14-15-16-17-18-19-20-21-22-25-46(58)62-41(34-52(6)7)35-60-44(56)26-27-45(57)61-36-43(55)50(59)38(3)31-37(2)48(50,5)33-42(54)49(51)29-23-24-39-32-40(53)28-30-47(39,49)4/h15-16,28,30,32,37-38,41-42,54,59H,8-14,17-27,29,31,33-36H2,1-7H3/b16-15-/t37-,38-,41?,42+,47+,48+,49+,50+/m1/s1. The molecule has 8 atom stereocenters. The van der Waals surface area contributed by atoms with Crippen LogP contribution in [0.3, 0.4) is 0 Å². The van der Waals surface area contributed by atoms with Gasteiger partial charge in [0.05, 0.1) is 18.9 Å². The van der Waals surface area contributed by atoms with Crippen molar-refractivity contribution in [2.75, 3.05) is 33.9 Å². The number of esters is 3. The van der Waals surface area contributed by atoms with Crippen molar-refractivity contribution in [2.45, 2.75) is 193 Å². The number of ketones is 2. The predicted octanol–water partition coefficient (Wildman–Crippen LogP) is 9.06. The Bertz CT molecular complexity index is 1580. The molecular weight excluding hydrogens is 794 g/mol. The Morgan fingerprint density at radius 3 is 2.10 bits per heavy atom. The highest BCUT2D eigenvalue weighted by molar-refractivity contribution is 6.01. The molecule has 0 amide bonds. The van der Waals surface area contributed by atoms with Gasteiger partial charge >= 0.3 is 17.9 Å². The number of likely N-dealkylation sites (N-methyl/N-ethyl adjacent to an activating group) is 1. The third-order valence-corrected chi connectivity index (χ3v) is 14.2. The minimum absolute atomic E-state index is 0.0482. The van der Waals surface area contributed by atoms with E-state index in [9.17, 15) is 34.2 Å². The highest BCUT2D eigenvalue weighted by Crippen LogP contribution is 2.60. The number of Topliss-reactive ketones (excluding diaryl/α,β-unsaturated/α-hetero) is 1. The molecule has 62 heavy (non-hydrogen) atoms. The van der Waals surface area contributed by atoms with Crippen LogP contribution < -0.4 is 0 Å². The number of hydrogen-bond donors (Lipinski definition) is 2. The van der Waals surface area contributed by atoms with E-state index in [0.717, 1.165) is 44.9 Å². The average molecular weight is 874 g/mol. The summed E-state index contributed by atoms with van der Waals surface area (Å²) in [6, 6.07) is 0. The highest BCUT2D eigenvalue weighted by atomic mass is 19.1. The second-order valence-corrected chi connectivity index (χ2v) is 19.2. The van der Waals surface area contributed by atoms with Crippen LogP contribution in [0.15, 0.2) is 36.0 Å². The van der Waals surface area contributed by atoms with E-state index in [0.29, 0.717) is 31.4 Å². The molecular formula is C50H80FNO10. The number of allylic oxidation sites excluding steroid dienone is 6. The van der Waals surface area contributed by atoms with Gasteiger partial charge in [-0.1, -0.05) is 103 Å². The van der Waals surface area contributed by atoms with Gasteiger partial charge in [0.1, 0.15) is 24.0 Å². The Morgan fingerprint density at radius 2 is 1.47 bits per heavy atom. The first-order valence-electron chi connectivity index (χ1n) is 23.7. The normalized spacial score (nSPS) is 28.1. The van der Waals surface area contributed by atoms with Crippen molar-refractivity contribution < 1.29 is 52.8 Å². The van der Waals surface area contributed by atoms with E-state index >= 15 is 4.39 Å². The maximum absolute atomic E-state index is 17.1. The first-order valence-corrected chi connectivity index (χ1v) is 23.7.